The number of ketones is 1. The number of carbonyl (C=O) groups excluding carboxylic acids is 2. The summed E-state index contributed by atoms with van der Waals surface area (Å²) >= 11 is 18.6. The SMILES string of the molecule is Cn1c(N)c(C(=O)COC(=O)c2cc(-c3ccc(Cl)c(Cl)c3Cl)nc3ccccc23)c(=O)n(C)c1=O. The lowest BCUT2D eigenvalue weighted by molar-refractivity contribution is 0.0476. The monoisotopic (exact) mass is 546 g/mol. The Morgan fingerprint density at radius 2 is 1.69 bits per heavy atom. The molecule has 0 aliphatic heterocycles. The average molecular weight is 548 g/mol. The van der Waals surface area contributed by atoms with E-state index in [-0.39, 0.29) is 26.4 Å². The Labute approximate surface area is 218 Å². The summed E-state index contributed by atoms with van der Waals surface area (Å²) < 4.78 is 6.95. The Hall–Kier alpha value is -3.66. The number of fused-ring (bicyclic) bond motifs is 1. The lowest BCUT2D eigenvalue weighted by Crippen LogP contribution is -2.42. The van der Waals surface area contributed by atoms with E-state index in [2.05, 4.69) is 4.98 Å². The van der Waals surface area contributed by atoms with Crippen molar-refractivity contribution in [2.45, 2.75) is 0 Å². The number of rotatable bonds is 5. The summed E-state index contributed by atoms with van der Waals surface area (Å²) in [6.45, 7) is -0.782. The number of anilines is 1. The molecule has 0 spiro atoms. The zero-order chi connectivity index (χ0) is 26.3. The number of halogens is 3. The number of nitrogen functional groups attached to an aromatic ring is 1. The summed E-state index contributed by atoms with van der Waals surface area (Å²) in [5.74, 6) is -2.03. The van der Waals surface area contributed by atoms with E-state index in [0.717, 1.165) is 9.13 Å². The molecule has 36 heavy (non-hydrogen) atoms. The van der Waals surface area contributed by atoms with Gasteiger partial charge in [0.05, 0.1) is 31.8 Å². The highest BCUT2D eigenvalue weighted by atomic mass is 35.5. The van der Waals surface area contributed by atoms with E-state index in [9.17, 15) is 19.2 Å². The number of carbonyl (C=O) groups is 2. The van der Waals surface area contributed by atoms with Gasteiger partial charge in [-0.3, -0.25) is 18.7 Å². The molecule has 184 valence electrons. The first kappa shape index (κ1) is 25.4. The summed E-state index contributed by atoms with van der Waals surface area (Å²) in [6, 6.07) is 11.4. The Kier molecular flexibility index (Phi) is 6.90. The number of nitrogens with two attached hydrogens (primary N) is 1. The first-order chi connectivity index (χ1) is 17.0. The van der Waals surface area contributed by atoms with Crippen molar-refractivity contribution in [3.63, 3.8) is 0 Å². The van der Waals surface area contributed by atoms with Crippen molar-refractivity contribution < 1.29 is 14.3 Å². The summed E-state index contributed by atoms with van der Waals surface area (Å²) in [5, 5.41) is 1.01. The number of para-hydroxylation sites is 1. The minimum atomic E-state index is -0.887. The van der Waals surface area contributed by atoms with E-state index in [1.54, 1.807) is 36.4 Å². The van der Waals surface area contributed by atoms with Crippen molar-refractivity contribution in [2.75, 3.05) is 12.3 Å². The Morgan fingerprint density at radius 3 is 2.42 bits per heavy atom. The second-order valence-corrected chi connectivity index (χ2v) is 8.92. The van der Waals surface area contributed by atoms with Crippen LogP contribution < -0.4 is 17.0 Å². The van der Waals surface area contributed by atoms with E-state index in [0.29, 0.717) is 22.2 Å². The maximum absolute atomic E-state index is 13.1. The van der Waals surface area contributed by atoms with E-state index < -0.39 is 35.2 Å². The fourth-order valence-electron chi connectivity index (χ4n) is 3.61. The van der Waals surface area contributed by atoms with Gasteiger partial charge < -0.3 is 10.5 Å². The molecule has 0 atom stereocenters. The molecule has 0 aliphatic carbocycles. The highest BCUT2D eigenvalue weighted by Gasteiger charge is 2.23. The maximum atomic E-state index is 13.1. The standard InChI is InChI=1S/C24H17Cl3N4O5/c1-30-21(28)18(22(33)31(2)24(30)35)17(32)10-36-23(34)13-9-16(29-15-6-4-3-5-11(13)15)12-7-8-14(25)20(27)19(12)26/h3-9H,10,28H2,1-2H3. The van der Waals surface area contributed by atoms with E-state index in [1.807, 2.05) is 0 Å². The van der Waals surface area contributed by atoms with Crippen LogP contribution in [0.15, 0.2) is 52.1 Å². The van der Waals surface area contributed by atoms with Gasteiger partial charge in [-0.15, -0.1) is 0 Å². The van der Waals surface area contributed by atoms with Crippen LogP contribution >= 0.6 is 34.8 Å². The fourth-order valence-corrected chi connectivity index (χ4v) is 4.24. The maximum Gasteiger partial charge on any atom is 0.339 e. The zero-order valence-corrected chi connectivity index (χ0v) is 21.1. The number of hydrogen-bond acceptors (Lipinski definition) is 7. The van der Waals surface area contributed by atoms with Crippen LogP contribution in [0.3, 0.4) is 0 Å². The van der Waals surface area contributed by atoms with Gasteiger partial charge in [0, 0.05) is 25.0 Å². The number of ether oxygens (including phenoxy) is 1. The summed E-state index contributed by atoms with van der Waals surface area (Å²) in [4.78, 5) is 54.8. The topological polar surface area (TPSA) is 126 Å². The Balaban J connectivity index is 1.72. The Bertz CT molecular complexity index is 1690. The molecule has 12 heteroatoms. The van der Waals surface area contributed by atoms with Crippen LogP contribution in [0.25, 0.3) is 22.2 Å². The molecule has 0 fully saturated rings. The van der Waals surface area contributed by atoms with E-state index in [1.165, 1.54) is 20.2 Å². The van der Waals surface area contributed by atoms with Gasteiger partial charge in [-0.2, -0.15) is 0 Å². The average Bonchev–Trinajstić information content (AvgIpc) is 2.87. The van der Waals surface area contributed by atoms with E-state index >= 15 is 0 Å². The number of Topliss-reactive ketones (excluding diaryl/α,β-unsaturated/α-hetero) is 1. The number of esters is 1. The normalized spacial score (nSPS) is 11.0. The largest absolute Gasteiger partial charge is 0.454 e. The molecular weight excluding hydrogens is 531 g/mol. The first-order valence-corrected chi connectivity index (χ1v) is 11.5. The van der Waals surface area contributed by atoms with Crippen molar-refractivity contribution in [3.8, 4) is 11.3 Å². The zero-order valence-electron chi connectivity index (χ0n) is 18.8. The molecule has 4 aromatic rings. The smallest absolute Gasteiger partial charge is 0.339 e. The van der Waals surface area contributed by atoms with Crippen LogP contribution in [0.5, 0.6) is 0 Å². The third kappa shape index (κ3) is 4.37. The number of hydrogen-bond donors (Lipinski definition) is 1. The molecule has 0 bridgehead atoms. The van der Waals surface area contributed by atoms with Crippen LogP contribution in [0.1, 0.15) is 20.7 Å². The molecule has 2 aromatic carbocycles. The van der Waals surface area contributed by atoms with E-state index in [4.69, 9.17) is 45.3 Å². The van der Waals surface area contributed by atoms with Gasteiger partial charge in [0.2, 0.25) is 5.78 Å². The van der Waals surface area contributed by atoms with Crippen LogP contribution in [-0.4, -0.2) is 32.5 Å². The molecule has 0 radical (unpaired) electrons. The molecule has 0 saturated heterocycles. The quantitative estimate of drug-likeness (QED) is 0.228. The van der Waals surface area contributed by atoms with Gasteiger partial charge >= 0.3 is 11.7 Å². The third-order valence-corrected chi connectivity index (χ3v) is 6.86. The van der Waals surface area contributed by atoms with Crippen molar-refractivity contribution in [3.05, 3.63) is 89.5 Å². The molecule has 0 amide bonds. The second kappa shape index (κ2) is 9.77. The predicted octanol–water partition coefficient (Wildman–Crippen LogP) is 3.88. The van der Waals surface area contributed by atoms with Crippen molar-refractivity contribution in [1.82, 2.24) is 14.1 Å². The third-order valence-electron chi connectivity index (χ3n) is 5.57. The predicted molar refractivity (Wildman–Crippen MR) is 138 cm³/mol. The number of nitrogens with zero attached hydrogens (tertiary/aromatic N) is 3. The molecule has 0 aliphatic rings. The van der Waals surface area contributed by atoms with Crippen LogP contribution in [-0.2, 0) is 18.8 Å². The number of pyridine rings is 1. The molecule has 0 unspecified atom stereocenters. The summed E-state index contributed by atoms with van der Waals surface area (Å²) in [5.41, 5.74) is 5.11. The lowest BCUT2D eigenvalue weighted by atomic mass is 10.0. The van der Waals surface area contributed by atoms with Gasteiger partial charge in [0.25, 0.3) is 5.56 Å². The Morgan fingerprint density at radius 1 is 1.00 bits per heavy atom. The summed E-state index contributed by atoms with van der Waals surface area (Å²) in [7, 11) is 2.53. The van der Waals surface area contributed by atoms with Gasteiger partial charge in [0.15, 0.2) is 6.61 Å². The van der Waals surface area contributed by atoms with Gasteiger partial charge in [0.1, 0.15) is 11.4 Å². The second-order valence-electron chi connectivity index (χ2n) is 7.76. The molecule has 2 N–H and O–H groups in total. The molecule has 2 heterocycles. The first-order valence-electron chi connectivity index (χ1n) is 10.3. The van der Waals surface area contributed by atoms with Crippen molar-refractivity contribution in [2.24, 2.45) is 14.1 Å². The lowest BCUT2D eigenvalue weighted by Gasteiger charge is -2.13. The van der Waals surface area contributed by atoms with Gasteiger partial charge in [-0.1, -0.05) is 53.0 Å². The summed E-state index contributed by atoms with van der Waals surface area (Å²) in [6.07, 6.45) is 0. The highest BCUT2D eigenvalue weighted by Crippen LogP contribution is 2.38. The van der Waals surface area contributed by atoms with Gasteiger partial charge in [-0.05, 0) is 24.3 Å². The fraction of sp³-hybridized carbons (Fsp3) is 0.125. The van der Waals surface area contributed by atoms with Crippen molar-refractivity contribution >= 4 is 63.3 Å². The minimum Gasteiger partial charge on any atom is -0.454 e. The van der Waals surface area contributed by atoms with Crippen LogP contribution in [0.2, 0.25) is 15.1 Å². The van der Waals surface area contributed by atoms with Crippen LogP contribution in [0, 0.1) is 0 Å². The number of benzene rings is 2. The molecule has 2 aromatic heterocycles. The number of aromatic nitrogens is 3. The molecule has 4 rings (SSSR count). The van der Waals surface area contributed by atoms with Crippen molar-refractivity contribution in [1.29, 1.82) is 0 Å². The minimum absolute atomic E-state index is 0.104. The molecule has 0 saturated carbocycles. The van der Waals surface area contributed by atoms with Crippen LogP contribution in [0.4, 0.5) is 5.82 Å². The van der Waals surface area contributed by atoms with Gasteiger partial charge in [-0.25, -0.2) is 14.6 Å². The highest BCUT2D eigenvalue weighted by molar-refractivity contribution is 6.49. The molecular formula is C24H17Cl3N4O5. The molecule has 9 nitrogen and oxygen atoms in total.